The Hall–Kier alpha value is -3.99. The van der Waals surface area contributed by atoms with Gasteiger partial charge in [0.05, 0.1) is 16.8 Å². The molecule has 3 aromatic carbocycles. The van der Waals surface area contributed by atoms with Crippen LogP contribution in [0.15, 0.2) is 84.9 Å². The number of piperazine rings is 1. The summed E-state index contributed by atoms with van der Waals surface area (Å²) < 4.78 is 0. The molecule has 0 radical (unpaired) electrons. The van der Waals surface area contributed by atoms with Gasteiger partial charge in [0.1, 0.15) is 0 Å². The van der Waals surface area contributed by atoms with Gasteiger partial charge in [-0.2, -0.15) is 0 Å². The summed E-state index contributed by atoms with van der Waals surface area (Å²) in [5.41, 5.74) is 5.11. The molecule has 0 spiro atoms. The second kappa shape index (κ2) is 8.87. The van der Waals surface area contributed by atoms with E-state index in [-0.39, 0.29) is 11.7 Å². The van der Waals surface area contributed by atoms with Crippen LogP contribution < -0.4 is 4.90 Å². The SMILES string of the molecule is CC(=O)c1ccc(N2CCN(C(=O)c3cc(-c4ccccc4)nc4ccccc34)CC2)cc1. The van der Waals surface area contributed by atoms with Gasteiger partial charge in [-0.05, 0) is 43.3 Å². The number of amides is 1. The first-order chi connectivity index (χ1) is 16.1. The summed E-state index contributed by atoms with van der Waals surface area (Å²) in [6.45, 7) is 4.36. The molecule has 1 saturated heterocycles. The smallest absolute Gasteiger partial charge is 0.254 e. The molecule has 5 nitrogen and oxygen atoms in total. The van der Waals surface area contributed by atoms with E-state index in [2.05, 4.69) is 4.90 Å². The minimum absolute atomic E-state index is 0.0392. The number of hydrogen-bond acceptors (Lipinski definition) is 4. The van der Waals surface area contributed by atoms with Gasteiger partial charge in [0.25, 0.3) is 5.91 Å². The molecule has 0 saturated carbocycles. The van der Waals surface area contributed by atoms with E-state index in [4.69, 9.17) is 4.98 Å². The Morgan fingerprint density at radius 1 is 0.788 bits per heavy atom. The van der Waals surface area contributed by atoms with E-state index in [1.165, 1.54) is 0 Å². The maximum absolute atomic E-state index is 13.6. The van der Waals surface area contributed by atoms with Crippen molar-refractivity contribution in [2.75, 3.05) is 31.1 Å². The highest BCUT2D eigenvalue weighted by Gasteiger charge is 2.24. The maximum atomic E-state index is 13.6. The lowest BCUT2D eigenvalue weighted by molar-refractivity contribution is 0.0748. The average Bonchev–Trinajstić information content (AvgIpc) is 2.88. The third-order valence-corrected chi connectivity index (χ3v) is 6.22. The molecule has 1 amide bonds. The van der Waals surface area contributed by atoms with Crippen LogP contribution in [0, 0.1) is 0 Å². The molecule has 2 heterocycles. The summed E-state index contributed by atoms with van der Waals surface area (Å²) >= 11 is 0. The molecular weight excluding hydrogens is 410 g/mol. The fourth-order valence-electron chi connectivity index (χ4n) is 4.35. The number of aromatic nitrogens is 1. The molecule has 5 rings (SSSR count). The number of anilines is 1. The molecule has 0 aliphatic carbocycles. The Morgan fingerprint density at radius 3 is 2.15 bits per heavy atom. The average molecular weight is 436 g/mol. The van der Waals surface area contributed by atoms with Gasteiger partial charge in [-0.15, -0.1) is 0 Å². The standard InChI is InChI=1S/C28H25N3O2/c1-20(32)21-11-13-23(14-12-21)30-15-17-31(18-16-30)28(33)25-19-27(22-7-3-2-4-8-22)29-26-10-6-5-9-24(25)26/h2-14,19H,15-18H2,1H3. The zero-order valence-corrected chi connectivity index (χ0v) is 18.6. The Morgan fingerprint density at radius 2 is 1.45 bits per heavy atom. The molecule has 1 aliphatic heterocycles. The van der Waals surface area contributed by atoms with Crippen molar-refractivity contribution in [3.05, 3.63) is 96.1 Å². The summed E-state index contributed by atoms with van der Waals surface area (Å²) in [6.07, 6.45) is 0. The predicted molar refractivity (Wildman–Crippen MR) is 132 cm³/mol. The van der Waals surface area contributed by atoms with Crippen molar-refractivity contribution in [3.63, 3.8) is 0 Å². The Labute approximate surface area is 193 Å². The highest BCUT2D eigenvalue weighted by Crippen LogP contribution is 2.26. The molecule has 0 N–H and O–H groups in total. The van der Waals surface area contributed by atoms with Gasteiger partial charge in [-0.25, -0.2) is 4.98 Å². The number of rotatable bonds is 4. The second-order valence-electron chi connectivity index (χ2n) is 8.32. The minimum atomic E-state index is 0.0392. The molecule has 33 heavy (non-hydrogen) atoms. The molecule has 1 aromatic heterocycles. The van der Waals surface area contributed by atoms with Gasteiger partial charge in [0.15, 0.2) is 5.78 Å². The first kappa shape index (κ1) is 20.9. The topological polar surface area (TPSA) is 53.5 Å². The molecule has 1 fully saturated rings. The van der Waals surface area contributed by atoms with Crippen molar-refractivity contribution >= 4 is 28.3 Å². The number of carbonyl (C=O) groups is 2. The van der Waals surface area contributed by atoms with E-state index in [0.717, 1.165) is 40.9 Å². The van der Waals surface area contributed by atoms with Crippen molar-refractivity contribution in [2.45, 2.75) is 6.92 Å². The van der Waals surface area contributed by atoms with E-state index < -0.39 is 0 Å². The minimum Gasteiger partial charge on any atom is -0.368 e. The molecule has 0 atom stereocenters. The first-order valence-corrected chi connectivity index (χ1v) is 11.2. The van der Waals surface area contributed by atoms with Crippen molar-refractivity contribution in [2.24, 2.45) is 0 Å². The Bertz CT molecular complexity index is 1310. The zero-order chi connectivity index (χ0) is 22.8. The third kappa shape index (κ3) is 4.22. The van der Waals surface area contributed by atoms with Crippen molar-refractivity contribution in [1.82, 2.24) is 9.88 Å². The van der Waals surface area contributed by atoms with Crippen LogP contribution in [0.5, 0.6) is 0 Å². The number of pyridine rings is 1. The monoisotopic (exact) mass is 435 g/mol. The number of hydrogen-bond donors (Lipinski definition) is 0. The number of carbonyl (C=O) groups excluding carboxylic acids is 2. The highest BCUT2D eigenvalue weighted by atomic mass is 16.2. The molecular formula is C28H25N3O2. The molecule has 4 aromatic rings. The van der Waals surface area contributed by atoms with Gasteiger partial charge >= 0.3 is 0 Å². The van der Waals surface area contributed by atoms with Crippen LogP contribution in [0.3, 0.4) is 0 Å². The molecule has 5 heteroatoms. The van der Waals surface area contributed by atoms with E-state index >= 15 is 0 Å². The quantitative estimate of drug-likeness (QED) is 0.420. The molecule has 164 valence electrons. The Kier molecular flexibility index (Phi) is 5.61. The van der Waals surface area contributed by atoms with Crippen LogP contribution >= 0.6 is 0 Å². The van der Waals surface area contributed by atoms with Crippen molar-refractivity contribution in [3.8, 4) is 11.3 Å². The summed E-state index contributed by atoms with van der Waals surface area (Å²) in [6, 6.07) is 27.4. The summed E-state index contributed by atoms with van der Waals surface area (Å²) in [4.78, 5) is 34.1. The van der Waals surface area contributed by atoms with Crippen molar-refractivity contribution in [1.29, 1.82) is 0 Å². The highest BCUT2D eigenvalue weighted by molar-refractivity contribution is 6.07. The van der Waals surface area contributed by atoms with Gasteiger partial charge < -0.3 is 9.80 Å². The fraction of sp³-hybridized carbons (Fsp3) is 0.179. The van der Waals surface area contributed by atoms with E-state index in [0.29, 0.717) is 24.2 Å². The summed E-state index contributed by atoms with van der Waals surface area (Å²) in [5.74, 6) is 0.105. The molecule has 1 aliphatic rings. The van der Waals surface area contributed by atoms with Gasteiger partial charge in [0.2, 0.25) is 0 Å². The zero-order valence-electron chi connectivity index (χ0n) is 18.6. The van der Waals surface area contributed by atoms with Crippen LogP contribution in [0.1, 0.15) is 27.6 Å². The van der Waals surface area contributed by atoms with E-state index in [9.17, 15) is 9.59 Å². The van der Waals surface area contributed by atoms with Crippen LogP contribution in [0.4, 0.5) is 5.69 Å². The van der Waals surface area contributed by atoms with Gasteiger partial charge in [-0.3, -0.25) is 9.59 Å². The third-order valence-electron chi connectivity index (χ3n) is 6.22. The first-order valence-electron chi connectivity index (χ1n) is 11.2. The molecule has 0 bridgehead atoms. The lowest BCUT2D eigenvalue weighted by Gasteiger charge is -2.36. The largest absolute Gasteiger partial charge is 0.368 e. The van der Waals surface area contributed by atoms with Crippen LogP contribution in [-0.4, -0.2) is 47.8 Å². The number of nitrogens with zero attached hydrogens (tertiary/aromatic N) is 3. The van der Waals surface area contributed by atoms with Gasteiger partial charge in [0, 0.05) is 48.4 Å². The number of fused-ring (bicyclic) bond motifs is 1. The Balaban J connectivity index is 1.39. The predicted octanol–water partition coefficient (Wildman–Crippen LogP) is 5.07. The number of para-hydroxylation sites is 1. The summed E-state index contributed by atoms with van der Waals surface area (Å²) in [7, 11) is 0. The van der Waals surface area contributed by atoms with E-state index in [1.807, 2.05) is 89.8 Å². The van der Waals surface area contributed by atoms with Gasteiger partial charge in [-0.1, -0.05) is 48.5 Å². The number of ketones is 1. The number of benzene rings is 3. The number of Topliss-reactive ketones (excluding diaryl/α,β-unsaturated/α-hetero) is 1. The maximum Gasteiger partial charge on any atom is 0.254 e. The van der Waals surface area contributed by atoms with E-state index in [1.54, 1.807) is 6.92 Å². The van der Waals surface area contributed by atoms with Crippen LogP contribution in [0.2, 0.25) is 0 Å². The van der Waals surface area contributed by atoms with Crippen LogP contribution in [0.25, 0.3) is 22.2 Å². The van der Waals surface area contributed by atoms with Crippen molar-refractivity contribution < 1.29 is 9.59 Å². The molecule has 0 unspecified atom stereocenters. The fourth-order valence-corrected chi connectivity index (χ4v) is 4.35. The second-order valence-corrected chi connectivity index (χ2v) is 8.32. The lowest BCUT2D eigenvalue weighted by atomic mass is 10.0. The summed E-state index contributed by atoms with van der Waals surface area (Å²) in [5, 5.41) is 0.879. The van der Waals surface area contributed by atoms with Crippen LogP contribution in [-0.2, 0) is 0 Å². The normalized spacial score (nSPS) is 13.8. The lowest BCUT2D eigenvalue weighted by Crippen LogP contribution is -2.48.